The summed E-state index contributed by atoms with van der Waals surface area (Å²) in [6.45, 7) is -21.8. The molecule has 0 atom stereocenters. The van der Waals surface area contributed by atoms with Crippen molar-refractivity contribution in [2.45, 2.75) is 54.8 Å². The monoisotopic (exact) mass is 901 g/mol. The molecule has 0 spiro atoms. The lowest BCUT2D eigenvalue weighted by atomic mass is 10.0. The maximum absolute atomic E-state index is 12.8. The maximum atomic E-state index is 12.8. The van der Waals surface area contributed by atoms with Crippen molar-refractivity contribution in [3.05, 3.63) is 202 Å². The molecular weight excluding hydrogens is 827 g/mol. The van der Waals surface area contributed by atoms with E-state index in [-0.39, 0.29) is 160 Å². The van der Waals surface area contributed by atoms with Crippen molar-refractivity contribution in [3.63, 3.8) is 0 Å². The molecule has 4 aromatic heterocycles. The molecule has 13 aromatic rings. The summed E-state index contributed by atoms with van der Waals surface area (Å²) in [6, 6.07) is 35.4. The number of rotatable bonds is 4. The molecule has 0 aliphatic carbocycles. The SMILES string of the molecule is [2H]c1c(-n2c3ccc(C([2H])([2H])[2H])cc3c3cc(C([2H])([2H])[2H])ccc32)c(-n2c3ccc(C([2H])([2H])[2H])cc3c3cc(C([2H])([2H])[2H])ccc32)c(C#N)c(-n2c3ccc(C([2H])([2H])[2H])cc3c3cc(C([2H])([2H])[2H])ccc32)c1-n1c2ccc(C([2H])([2H])[2H])cc2c2cc(C([2H])([2H])[2H])ccc21. The molecule has 0 unspecified atom stereocenters. The van der Waals surface area contributed by atoms with Gasteiger partial charge in [-0.2, -0.15) is 5.26 Å². The highest BCUT2D eigenvalue weighted by molar-refractivity contribution is 6.15. The van der Waals surface area contributed by atoms with Crippen LogP contribution in [-0.2, 0) is 0 Å². The predicted molar refractivity (Wildman–Crippen MR) is 286 cm³/mol. The van der Waals surface area contributed by atoms with Crippen molar-refractivity contribution < 1.29 is 34.3 Å². The maximum Gasteiger partial charge on any atom is 0.104 e. The Morgan fingerprint density at radius 2 is 0.529 bits per heavy atom. The smallest absolute Gasteiger partial charge is 0.104 e. The van der Waals surface area contributed by atoms with Crippen molar-refractivity contribution in [3.8, 4) is 28.8 Å². The summed E-state index contributed by atoms with van der Waals surface area (Å²) in [6.07, 6.45) is 0. The Hall–Kier alpha value is -8.33. The van der Waals surface area contributed by atoms with Gasteiger partial charge in [0.15, 0.2) is 0 Å². The normalized spacial score (nSPS) is 19.0. The van der Waals surface area contributed by atoms with Gasteiger partial charge in [0, 0.05) is 76.0 Å². The number of aryl methyl sites for hydroxylation is 8. The van der Waals surface area contributed by atoms with E-state index < -0.39 is 60.9 Å². The third-order valence-electron chi connectivity index (χ3n) is 13.2. The molecule has 0 saturated carbocycles. The van der Waals surface area contributed by atoms with Crippen molar-refractivity contribution in [2.24, 2.45) is 0 Å². The standard InChI is InChI=1S/C63H49N5/c1-35-9-17-52-43(25-35)44-26-36(2)10-18-53(44)65(52)60-33-61(66-54-19-11-37(3)27-45(54)46-28-38(4)12-20-55(46)66)63(68-58-23-15-41(7)31-49(58)50-32-42(8)16-24-59(50)68)51(34-64)62(60)67-56-21-13-39(5)29-47(56)48-30-40(6)14-22-57(48)67/h9-33H,1-8H3/i1D3,2D3,3D3,4D3,5D3,6D3,7D3,8D3,33D. The zero-order valence-corrected chi connectivity index (χ0v) is 35.6. The molecule has 0 fully saturated rings. The third kappa shape index (κ3) is 5.61. The van der Waals surface area contributed by atoms with E-state index in [0.717, 1.165) is 0 Å². The second-order valence-electron chi connectivity index (χ2n) is 17.2. The van der Waals surface area contributed by atoms with Gasteiger partial charge in [0.25, 0.3) is 0 Å². The second-order valence-corrected chi connectivity index (χ2v) is 17.2. The summed E-state index contributed by atoms with van der Waals surface area (Å²) in [5.74, 6) is 0. The lowest BCUT2D eigenvalue weighted by Crippen LogP contribution is -2.13. The van der Waals surface area contributed by atoms with Crippen LogP contribution in [0.15, 0.2) is 152 Å². The largest absolute Gasteiger partial charge is 0.307 e. The van der Waals surface area contributed by atoms with Crippen LogP contribution in [0.2, 0.25) is 0 Å². The lowest BCUT2D eigenvalue weighted by molar-refractivity contribution is 1.03. The van der Waals surface area contributed by atoms with Gasteiger partial charge in [0.2, 0.25) is 0 Å². The van der Waals surface area contributed by atoms with E-state index in [9.17, 15) is 6.63 Å². The van der Waals surface area contributed by atoms with E-state index in [4.69, 9.17) is 32.9 Å². The Bertz CT molecular complexity index is 4800. The van der Waals surface area contributed by atoms with Crippen molar-refractivity contribution in [2.75, 3.05) is 0 Å². The summed E-state index contributed by atoms with van der Waals surface area (Å²) in [7, 11) is 0. The zero-order valence-electron chi connectivity index (χ0n) is 60.6. The third-order valence-corrected chi connectivity index (χ3v) is 13.2. The van der Waals surface area contributed by atoms with Crippen LogP contribution in [0.5, 0.6) is 0 Å². The lowest BCUT2D eigenvalue weighted by Gasteiger charge is -2.25. The highest BCUT2D eigenvalue weighted by Gasteiger charge is 2.31. The quantitative estimate of drug-likeness (QED) is 0.174. The fraction of sp³-hybridized carbons (Fsp3) is 0.127. The molecule has 0 saturated heterocycles. The average Bonchev–Trinajstić information content (AvgIpc) is 1.58. The topological polar surface area (TPSA) is 43.5 Å². The number of aromatic nitrogens is 4. The van der Waals surface area contributed by atoms with Gasteiger partial charge in [-0.3, -0.25) is 0 Å². The Morgan fingerprint density at radius 3 is 0.721 bits per heavy atom. The molecule has 5 nitrogen and oxygen atoms in total. The molecule has 0 aliphatic rings. The van der Waals surface area contributed by atoms with Crippen LogP contribution in [0.1, 0.15) is 84.3 Å². The van der Waals surface area contributed by atoms with E-state index in [0.29, 0.717) is 0 Å². The predicted octanol–water partition coefficient (Wildman–Crippen LogP) is 16.4. The average molecular weight is 901 g/mol. The van der Waals surface area contributed by atoms with Gasteiger partial charge in [-0.05, 0) is 158 Å². The number of hydrogen-bond donors (Lipinski definition) is 0. The fourth-order valence-corrected chi connectivity index (χ4v) is 10.5. The van der Waals surface area contributed by atoms with E-state index in [1.165, 1.54) is 146 Å². The first-order valence-corrected chi connectivity index (χ1v) is 21.6. The first-order valence-electron chi connectivity index (χ1n) is 34.1. The molecule has 0 N–H and O–H groups in total. The van der Waals surface area contributed by atoms with Crippen LogP contribution in [-0.4, -0.2) is 18.3 Å². The van der Waals surface area contributed by atoms with E-state index in [1.807, 2.05) is 0 Å². The molecule has 4 heterocycles. The van der Waals surface area contributed by atoms with Crippen LogP contribution in [0.25, 0.3) is 110 Å². The molecule has 0 radical (unpaired) electrons. The van der Waals surface area contributed by atoms with Gasteiger partial charge in [-0.25, -0.2) is 0 Å². The molecular formula is C63H49N5. The summed E-state index contributed by atoms with van der Waals surface area (Å²) in [5, 5.41) is 14.2. The zero-order chi connectivity index (χ0) is 67.3. The minimum atomic E-state index is -2.73. The number of benzene rings is 9. The molecule has 0 bridgehead atoms. The summed E-state index contributed by atoms with van der Waals surface area (Å²) in [5.41, 5.74) is -1.06. The second kappa shape index (κ2) is 14.3. The Balaban J connectivity index is 1.37. The summed E-state index contributed by atoms with van der Waals surface area (Å²) < 4.78 is 223. The van der Waals surface area contributed by atoms with Crippen LogP contribution in [0.3, 0.4) is 0 Å². The molecule has 0 aliphatic heterocycles. The summed E-state index contributed by atoms with van der Waals surface area (Å²) in [4.78, 5) is 0. The molecule has 0 amide bonds. The van der Waals surface area contributed by atoms with E-state index in [1.54, 1.807) is 18.3 Å². The first-order chi connectivity index (χ1) is 43.1. The minimum absolute atomic E-state index is 0.154. The number of fused-ring (bicyclic) bond motifs is 12. The molecule has 9 aromatic carbocycles. The van der Waals surface area contributed by atoms with Gasteiger partial charge in [-0.1, -0.05) is 93.0 Å². The summed E-state index contributed by atoms with van der Waals surface area (Å²) >= 11 is 0. The highest BCUT2D eigenvalue weighted by Crippen LogP contribution is 2.47. The van der Waals surface area contributed by atoms with Gasteiger partial charge in [0.05, 0.1) is 68.3 Å². The van der Waals surface area contributed by atoms with Crippen molar-refractivity contribution in [1.82, 2.24) is 18.3 Å². The highest BCUT2D eigenvalue weighted by atomic mass is 15.1. The molecule has 5 heteroatoms. The molecule has 326 valence electrons. The molecule has 13 rings (SSSR count). The van der Waals surface area contributed by atoms with Crippen LogP contribution >= 0.6 is 0 Å². The minimum Gasteiger partial charge on any atom is -0.307 e. The van der Waals surface area contributed by atoms with Crippen molar-refractivity contribution in [1.29, 1.82) is 5.26 Å². The van der Waals surface area contributed by atoms with Crippen LogP contribution < -0.4 is 0 Å². The first kappa shape index (κ1) is 22.0. The number of hydrogen-bond acceptors (Lipinski definition) is 1. The Labute approximate surface area is 430 Å². The molecule has 68 heavy (non-hydrogen) atoms. The Morgan fingerprint density at radius 1 is 0.324 bits per heavy atom. The van der Waals surface area contributed by atoms with E-state index >= 15 is 0 Å². The number of nitrogens with zero attached hydrogens (tertiary/aromatic N) is 5. The van der Waals surface area contributed by atoms with Gasteiger partial charge < -0.3 is 18.3 Å². The van der Waals surface area contributed by atoms with Crippen molar-refractivity contribution >= 4 is 87.2 Å². The van der Waals surface area contributed by atoms with E-state index in [2.05, 4.69) is 6.07 Å². The fourth-order valence-electron chi connectivity index (χ4n) is 10.5. The van der Waals surface area contributed by atoms with Crippen LogP contribution in [0, 0.1) is 66.1 Å². The van der Waals surface area contributed by atoms with Crippen LogP contribution in [0.4, 0.5) is 0 Å². The van der Waals surface area contributed by atoms with Gasteiger partial charge >= 0.3 is 0 Å². The van der Waals surface area contributed by atoms with Gasteiger partial charge in [0.1, 0.15) is 11.6 Å². The Kier molecular flexibility index (Phi) is 4.63. The van der Waals surface area contributed by atoms with Gasteiger partial charge in [-0.15, -0.1) is 0 Å². The number of nitriles is 1.